The van der Waals surface area contributed by atoms with Crippen LogP contribution in [-0.4, -0.2) is 54.8 Å². The highest BCUT2D eigenvalue weighted by Gasteiger charge is 2.18. The van der Waals surface area contributed by atoms with Crippen LogP contribution in [0, 0.1) is 6.92 Å². The lowest BCUT2D eigenvalue weighted by Gasteiger charge is -2.27. The summed E-state index contributed by atoms with van der Waals surface area (Å²) in [5, 5.41) is 2.91. The second-order valence-corrected chi connectivity index (χ2v) is 7.74. The van der Waals surface area contributed by atoms with E-state index in [1.165, 1.54) is 19.3 Å². The molecule has 1 aliphatic heterocycles. The molecule has 0 radical (unpaired) electrons. The Balaban J connectivity index is 1.80. The van der Waals surface area contributed by atoms with Crippen LogP contribution in [0.15, 0.2) is 22.7 Å². The van der Waals surface area contributed by atoms with Gasteiger partial charge >= 0.3 is 0 Å². The number of halogens is 1. The number of anilines is 1. The van der Waals surface area contributed by atoms with Gasteiger partial charge in [-0.1, -0.05) is 35.2 Å². The number of hydrogen-bond acceptors (Lipinski definition) is 3. The Bertz CT molecular complexity index is 598. The molecule has 0 aliphatic carbocycles. The smallest absolute Gasteiger partial charge is 0.238 e. The fourth-order valence-corrected chi connectivity index (χ4v) is 3.56. The van der Waals surface area contributed by atoms with Crippen molar-refractivity contribution in [3.8, 4) is 0 Å². The molecule has 0 aromatic heterocycles. The predicted molar refractivity (Wildman–Crippen MR) is 105 cm³/mol. The van der Waals surface area contributed by atoms with Crippen LogP contribution in [0.25, 0.3) is 0 Å². The first-order chi connectivity index (χ1) is 12.0. The molecule has 1 N–H and O–H groups in total. The number of rotatable bonds is 5. The summed E-state index contributed by atoms with van der Waals surface area (Å²) in [6.07, 6.45) is 5.85. The normalized spacial score (nSPS) is 15.6. The Morgan fingerprint density at radius 2 is 1.76 bits per heavy atom. The van der Waals surface area contributed by atoms with Gasteiger partial charge in [0.2, 0.25) is 11.8 Å². The van der Waals surface area contributed by atoms with E-state index in [4.69, 9.17) is 0 Å². The van der Waals surface area contributed by atoms with E-state index in [2.05, 4.69) is 21.2 Å². The molecule has 2 amide bonds. The number of benzene rings is 1. The Labute approximate surface area is 158 Å². The minimum Gasteiger partial charge on any atom is -0.342 e. The van der Waals surface area contributed by atoms with E-state index in [9.17, 15) is 9.59 Å². The lowest BCUT2D eigenvalue weighted by Crippen LogP contribution is -2.42. The van der Waals surface area contributed by atoms with Crippen molar-refractivity contribution >= 4 is 33.4 Å². The molecule has 0 unspecified atom stereocenters. The maximum atomic E-state index is 12.5. The number of hydrogen-bond donors (Lipinski definition) is 1. The van der Waals surface area contributed by atoms with Crippen molar-refractivity contribution in [2.75, 3.05) is 38.5 Å². The van der Waals surface area contributed by atoms with Gasteiger partial charge in [0.15, 0.2) is 0 Å². The Morgan fingerprint density at radius 1 is 1.12 bits per heavy atom. The third-order valence-electron chi connectivity index (χ3n) is 4.49. The molecule has 1 aromatic rings. The summed E-state index contributed by atoms with van der Waals surface area (Å²) in [5.74, 6) is 0.0189. The number of likely N-dealkylation sites (tertiary alicyclic amines) is 1. The van der Waals surface area contributed by atoms with Crippen LogP contribution < -0.4 is 5.32 Å². The fourth-order valence-electron chi connectivity index (χ4n) is 3.09. The molecule has 25 heavy (non-hydrogen) atoms. The SMILES string of the molecule is Cc1cc(Br)ccc1NC(=O)CN(C)CC(=O)N1CCCCCCC1. The zero-order valence-electron chi connectivity index (χ0n) is 15.2. The molecule has 1 aliphatic rings. The average Bonchev–Trinajstić information content (AvgIpc) is 2.49. The largest absolute Gasteiger partial charge is 0.342 e. The summed E-state index contributed by atoms with van der Waals surface area (Å²) >= 11 is 3.42. The summed E-state index contributed by atoms with van der Waals surface area (Å²) in [6, 6.07) is 5.74. The van der Waals surface area contributed by atoms with Crippen LogP contribution in [0.3, 0.4) is 0 Å². The number of carbonyl (C=O) groups is 2. The zero-order chi connectivity index (χ0) is 18.2. The molecule has 1 aromatic carbocycles. The van der Waals surface area contributed by atoms with Gasteiger partial charge in [-0.2, -0.15) is 0 Å². The fraction of sp³-hybridized carbons (Fsp3) is 0.579. The summed E-state index contributed by atoms with van der Waals surface area (Å²) in [4.78, 5) is 28.4. The van der Waals surface area contributed by atoms with Gasteiger partial charge in [-0.25, -0.2) is 0 Å². The summed E-state index contributed by atoms with van der Waals surface area (Å²) in [5.41, 5.74) is 1.80. The number of likely N-dealkylation sites (N-methyl/N-ethyl adjacent to an activating group) is 1. The molecule has 5 nitrogen and oxygen atoms in total. The highest BCUT2D eigenvalue weighted by molar-refractivity contribution is 9.10. The molecule has 0 saturated carbocycles. The zero-order valence-corrected chi connectivity index (χ0v) is 16.8. The summed E-state index contributed by atoms with van der Waals surface area (Å²) < 4.78 is 0.985. The van der Waals surface area contributed by atoms with Crippen LogP contribution in [0.1, 0.15) is 37.7 Å². The highest BCUT2D eigenvalue weighted by atomic mass is 79.9. The number of aryl methyl sites for hydroxylation is 1. The van der Waals surface area contributed by atoms with E-state index in [0.717, 1.165) is 41.7 Å². The van der Waals surface area contributed by atoms with E-state index < -0.39 is 0 Å². The maximum Gasteiger partial charge on any atom is 0.238 e. The summed E-state index contributed by atoms with van der Waals surface area (Å²) in [7, 11) is 1.82. The Morgan fingerprint density at radius 3 is 2.40 bits per heavy atom. The molecule has 2 rings (SSSR count). The molecule has 138 valence electrons. The van der Waals surface area contributed by atoms with Crippen molar-refractivity contribution in [1.29, 1.82) is 0 Å². The van der Waals surface area contributed by atoms with E-state index in [1.54, 1.807) is 4.90 Å². The molecular weight excluding hydrogens is 382 g/mol. The molecule has 0 spiro atoms. The quantitative estimate of drug-likeness (QED) is 0.810. The second-order valence-electron chi connectivity index (χ2n) is 6.83. The third-order valence-corrected chi connectivity index (χ3v) is 4.98. The van der Waals surface area contributed by atoms with E-state index in [1.807, 2.05) is 37.1 Å². The van der Waals surface area contributed by atoms with Crippen molar-refractivity contribution in [3.05, 3.63) is 28.2 Å². The predicted octanol–water partition coefficient (Wildman–Crippen LogP) is 3.42. The first-order valence-electron chi connectivity index (χ1n) is 8.98. The van der Waals surface area contributed by atoms with Crippen LogP contribution in [0.5, 0.6) is 0 Å². The molecule has 1 saturated heterocycles. The Hall–Kier alpha value is -1.40. The first-order valence-corrected chi connectivity index (χ1v) is 9.77. The number of nitrogens with zero attached hydrogens (tertiary/aromatic N) is 2. The van der Waals surface area contributed by atoms with Crippen molar-refractivity contribution in [2.45, 2.75) is 39.0 Å². The average molecular weight is 410 g/mol. The number of nitrogens with one attached hydrogen (secondary N) is 1. The standard InChI is InChI=1S/C19H28BrN3O2/c1-15-12-16(20)8-9-17(15)21-18(24)13-22(2)14-19(25)23-10-6-4-3-5-7-11-23/h8-9,12H,3-7,10-11,13-14H2,1-2H3,(H,21,24). The van der Waals surface area contributed by atoms with Crippen molar-refractivity contribution in [3.63, 3.8) is 0 Å². The number of carbonyl (C=O) groups excluding carboxylic acids is 2. The van der Waals surface area contributed by atoms with Crippen molar-refractivity contribution in [2.24, 2.45) is 0 Å². The van der Waals surface area contributed by atoms with E-state index >= 15 is 0 Å². The molecular formula is C19H28BrN3O2. The third kappa shape index (κ3) is 6.78. The second kappa shape index (κ2) is 9.92. The first kappa shape index (κ1) is 19.9. The van der Waals surface area contributed by atoms with Crippen LogP contribution in [-0.2, 0) is 9.59 Å². The van der Waals surface area contributed by atoms with Crippen molar-refractivity contribution in [1.82, 2.24) is 9.80 Å². The van der Waals surface area contributed by atoms with Gasteiger partial charge in [0.05, 0.1) is 13.1 Å². The van der Waals surface area contributed by atoms with Gasteiger partial charge < -0.3 is 10.2 Å². The lowest BCUT2D eigenvalue weighted by atomic mass is 10.1. The molecule has 1 fully saturated rings. The van der Waals surface area contributed by atoms with Crippen LogP contribution >= 0.6 is 15.9 Å². The monoisotopic (exact) mass is 409 g/mol. The highest BCUT2D eigenvalue weighted by Crippen LogP contribution is 2.20. The van der Waals surface area contributed by atoms with Gasteiger partial charge in [0.25, 0.3) is 0 Å². The van der Waals surface area contributed by atoms with Crippen LogP contribution in [0.4, 0.5) is 5.69 Å². The lowest BCUT2D eigenvalue weighted by molar-refractivity contribution is -0.132. The summed E-state index contributed by atoms with van der Waals surface area (Å²) in [6.45, 7) is 4.13. The minimum absolute atomic E-state index is 0.103. The van der Waals surface area contributed by atoms with Gasteiger partial charge in [-0.05, 0) is 50.6 Å². The molecule has 0 atom stereocenters. The maximum absolute atomic E-state index is 12.5. The molecule has 0 bridgehead atoms. The van der Waals surface area contributed by atoms with Gasteiger partial charge in [0.1, 0.15) is 0 Å². The van der Waals surface area contributed by atoms with E-state index in [0.29, 0.717) is 0 Å². The van der Waals surface area contributed by atoms with Crippen LogP contribution in [0.2, 0.25) is 0 Å². The van der Waals surface area contributed by atoms with Gasteiger partial charge in [-0.3, -0.25) is 14.5 Å². The number of amides is 2. The molecule has 1 heterocycles. The Kier molecular flexibility index (Phi) is 7.90. The van der Waals surface area contributed by atoms with Crippen molar-refractivity contribution < 1.29 is 9.59 Å². The topological polar surface area (TPSA) is 52.7 Å². The van der Waals surface area contributed by atoms with Gasteiger partial charge in [0, 0.05) is 23.2 Å². The minimum atomic E-state index is -0.103. The van der Waals surface area contributed by atoms with Gasteiger partial charge in [-0.15, -0.1) is 0 Å². The molecule has 6 heteroatoms. The van der Waals surface area contributed by atoms with E-state index in [-0.39, 0.29) is 24.9 Å².